The van der Waals surface area contributed by atoms with Gasteiger partial charge < -0.3 is 23.4 Å². The summed E-state index contributed by atoms with van der Waals surface area (Å²) in [4.78, 5) is 24.4. The standard InChI is InChI=1S/C28H42N4O6Si/c1-28(2,3)39(6,7)37-17-20-15-19-9-8-13-32(25(19)31-24(20)26(34-4)35-5)27(33)30-23-16-21(10-12-29-23)38-22-11-14-36-18-22/h10,12,15-16,22,26H,8-9,11,13-14,17-18H2,1-7H3,(H,29,30,33)/t22-/m0/s1. The Morgan fingerprint density at radius 3 is 2.69 bits per heavy atom. The third kappa shape index (κ3) is 6.96. The lowest BCUT2D eigenvalue weighted by Crippen LogP contribution is -2.41. The molecule has 0 unspecified atom stereocenters. The summed E-state index contributed by atoms with van der Waals surface area (Å²) in [6.45, 7) is 13.3. The Labute approximate surface area is 232 Å². The van der Waals surface area contributed by atoms with Crippen molar-refractivity contribution in [3.63, 3.8) is 0 Å². The van der Waals surface area contributed by atoms with Crippen LogP contribution >= 0.6 is 0 Å². The number of carbonyl (C=O) groups is 1. The van der Waals surface area contributed by atoms with Crippen LogP contribution < -0.4 is 15.0 Å². The Bertz CT molecular complexity index is 1150. The number of fused-ring (bicyclic) bond motifs is 1. The van der Waals surface area contributed by atoms with Crippen LogP contribution in [0.2, 0.25) is 18.1 Å². The molecule has 11 heteroatoms. The first-order chi connectivity index (χ1) is 18.5. The first-order valence-corrected chi connectivity index (χ1v) is 16.4. The van der Waals surface area contributed by atoms with E-state index in [1.165, 1.54) is 0 Å². The Balaban J connectivity index is 1.57. The molecule has 2 amide bonds. The molecule has 10 nitrogen and oxygen atoms in total. The Morgan fingerprint density at radius 2 is 2.03 bits per heavy atom. The molecule has 0 aliphatic carbocycles. The number of hydrogen-bond acceptors (Lipinski definition) is 8. The second kappa shape index (κ2) is 12.3. The summed E-state index contributed by atoms with van der Waals surface area (Å²) in [7, 11) is 1.16. The number of aromatic nitrogens is 2. The molecular weight excluding hydrogens is 516 g/mol. The number of amides is 2. The molecule has 0 spiro atoms. The molecule has 1 fully saturated rings. The van der Waals surface area contributed by atoms with Crippen LogP contribution in [0.4, 0.5) is 16.4 Å². The van der Waals surface area contributed by atoms with E-state index in [1.807, 2.05) is 0 Å². The van der Waals surface area contributed by atoms with Crippen molar-refractivity contribution in [3.8, 4) is 5.75 Å². The zero-order chi connectivity index (χ0) is 28.2. The van der Waals surface area contributed by atoms with Crippen molar-refractivity contribution in [3.05, 3.63) is 41.2 Å². The molecule has 2 aromatic heterocycles. The number of pyridine rings is 2. The van der Waals surface area contributed by atoms with Gasteiger partial charge in [-0.1, -0.05) is 20.8 Å². The molecular formula is C28H42N4O6Si. The Morgan fingerprint density at radius 1 is 1.26 bits per heavy atom. The van der Waals surface area contributed by atoms with Gasteiger partial charge in [0.2, 0.25) is 6.29 Å². The number of rotatable bonds is 9. The maximum absolute atomic E-state index is 13.5. The van der Waals surface area contributed by atoms with Gasteiger partial charge in [0.25, 0.3) is 0 Å². The molecule has 2 aliphatic heterocycles. The number of anilines is 2. The highest BCUT2D eigenvalue weighted by molar-refractivity contribution is 6.74. The lowest BCUT2D eigenvalue weighted by atomic mass is 10.0. The van der Waals surface area contributed by atoms with Crippen LogP contribution in [0.5, 0.6) is 5.75 Å². The summed E-state index contributed by atoms with van der Waals surface area (Å²) in [5.74, 6) is 1.65. The summed E-state index contributed by atoms with van der Waals surface area (Å²) >= 11 is 0. The third-order valence-corrected chi connectivity index (χ3v) is 12.2. The zero-order valence-electron chi connectivity index (χ0n) is 24.2. The largest absolute Gasteiger partial charge is 0.488 e. The second-order valence-corrected chi connectivity index (χ2v) is 16.3. The predicted molar refractivity (Wildman–Crippen MR) is 152 cm³/mol. The average molecular weight is 559 g/mol. The van der Waals surface area contributed by atoms with Gasteiger partial charge in [-0.2, -0.15) is 0 Å². The molecule has 0 radical (unpaired) electrons. The number of ether oxygens (including phenoxy) is 4. The van der Waals surface area contributed by atoms with Gasteiger partial charge in [0.15, 0.2) is 8.32 Å². The van der Waals surface area contributed by atoms with Crippen molar-refractivity contribution in [1.82, 2.24) is 9.97 Å². The molecule has 1 N–H and O–H groups in total. The van der Waals surface area contributed by atoms with E-state index < -0.39 is 14.6 Å². The summed E-state index contributed by atoms with van der Waals surface area (Å²) in [5.41, 5.74) is 2.52. The van der Waals surface area contributed by atoms with Crippen LogP contribution in [0.3, 0.4) is 0 Å². The van der Waals surface area contributed by atoms with E-state index in [0.717, 1.165) is 30.4 Å². The quantitative estimate of drug-likeness (QED) is 0.320. The SMILES string of the molecule is COC(OC)c1nc2c(cc1CO[Si](C)(C)C(C)(C)C)CCCN2C(=O)Nc1cc(O[C@H]2CCOC2)ccn1. The number of nitrogens with one attached hydrogen (secondary N) is 1. The minimum absolute atomic E-state index is 0.0110. The predicted octanol–water partition coefficient (Wildman–Crippen LogP) is 5.44. The maximum Gasteiger partial charge on any atom is 0.328 e. The van der Waals surface area contributed by atoms with Gasteiger partial charge in [0.1, 0.15) is 29.2 Å². The van der Waals surface area contributed by atoms with Gasteiger partial charge in [-0.3, -0.25) is 10.2 Å². The Hall–Kier alpha value is -2.57. The van der Waals surface area contributed by atoms with Gasteiger partial charge in [-0.25, -0.2) is 14.8 Å². The highest BCUT2D eigenvalue weighted by atomic mass is 28.4. The van der Waals surface area contributed by atoms with Crippen molar-refractivity contribution in [2.75, 3.05) is 44.2 Å². The van der Waals surface area contributed by atoms with Crippen LogP contribution in [0.1, 0.15) is 56.7 Å². The molecule has 1 atom stereocenters. The lowest BCUT2D eigenvalue weighted by molar-refractivity contribution is -0.109. The van der Waals surface area contributed by atoms with Crippen molar-refractivity contribution in [1.29, 1.82) is 0 Å². The molecule has 0 bridgehead atoms. The first kappa shape index (κ1) is 29.4. The molecule has 4 rings (SSSR count). The van der Waals surface area contributed by atoms with Gasteiger partial charge in [0.05, 0.1) is 19.8 Å². The fraction of sp³-hybridized carbons (Fsp3) is 0.607. The summed E-state index contributed by atoms with van der Waals surface area (Å²) in [6, 6.07) is 5.29. The van der Waals surface area contributed by atoms with Crippen molar-refractivity contribution >= 4 is 26.0 Å². The topological polar surface area (TPSA) is 104 Å². The van der Waals surface area contributed by atoms with Crippen LogP contribution in [0.25, 0.3) is 0 Å². The minimum Gasteiger partial charge on any atom is -0.488 e. The molecule has 0 saturated carbocycles. The highest BCUT2D eigenvalue weighted by Crippen LogP contribution is 2.38. The molecule has 1 saturated heterocycles. The van der Waals surface area contributed by atoms with E-state index in [0.29, 0.717) is 49.4 Å². The van der Waals surface area contributed by atoms with E-state index in [2.05, 4.69) is 50.2 Å². The van der Waals surface area contributed by atoms with Crippen LogP contribution in [0.15, 0.2) is 24.4 Å². The maximum atomic E-state index is 13.5. The summed E-state index contributed by atoms with van der Waals surface area (Å²) in [6.07, 6.45) is 3.43. The number of aryl methyl sites for hydroxylation is 1. The highest BCUT2D eigenvalue weighted by Gasteiger charge is 2.38. The van der Waals surface area contributed by atoms with Crippen LogP contribution in [0, 0.1) is 0 Å². The van der Waals surface area contributed by atoms with E-state index >= 15 is 0 Å². The Kier molecular flexibility index (Phi) is 9.28. The third-order valence-electron chi connectivity index (χ3n) is 7.72. The number of urea groups is 1. The van der Waals surface area contributed by atoms with E-state index in [-0.39, 0.29) is 17.2 Å². The van der Waals surface area contributed by atoms with Crippen LogP contribution in [-0.4, -0.2) is 64.4 Å². The molecule has 2 aromatic rings. The monoisotopic (exact) mass is 558 g/mol. The second-order valence-electron chi connectivity index (χ2n) is 11.5. The molecule has 0 aromatic carbocycles. The number of nitrogens with zero attached hydrogens (tertiary/aromatic N) is 3. The summed E-state index contributed by atoms with van der Waals surface area (Å²) < 4.78 is 29.1. The number of hydrogen-bond donors (Lipinski definition) is 1. The number of methoxy groups -OCH3 is 2. The van der Waals surface area contributed by atoms with Crippen molar-refractivity contribution in [2.45, 2.75) is 77.2 Å². The van der Waals surface area contributed by atoms with Gasteiger partial charge in [0, 0.05) is 45.0 Å². The van der Waals surface area contributed by atoms with Crippen molar-refractivity contribution < 1.29 is 28.2 Å². The minimum atomic E-state index is -2.00. The molecule has 214 valence electrons. The zero-order valence-corrected chi connectivity index (χ0v) is 25.2. The van der Waals surface area contributed by atoms with Crippen molar-refractivity contribution in [2.24, 2.45) is 0 Å². The fourth-order valence-corrected chi connectivity index (χ4v) is 5.35. The van der Waals surface area contributed by atoms with Gasteiger partial charge in [-0.15, -0.1) is 0 Å². The molecule has 4 heterocycles. The normalized spacial score (nSPS) is 17.8. The smallest absolute Gasteiger partial charge is 0.328 e. The van der Waals surface area contributed by atoms with Crippen LogP contribution in [-0.2, 0) is 31.7 Å². The molecule has 39 heavy (non-hydrogen) atoms. The molecule has 2 aliphatic rings. The fourth-order valence-electron chi connectivity index (χ4n) is 4.40. The lowest BCUT2D eigenvalue weighted by Gasteiger charge is -2.36. The van der Waals surface area contributed by atoms with Gasteiger partial charge >= 0.3 is 6.03 Å². The number of carbonyl (C=O) groups excluding carboxylic acids is 1. The van der Waals surface area contributed by atoms with E-state index in [1.54, 1.807) is 37.4 Å². The summed E-state index contributed by atoms with van der Waals surface area (Å²) in [5, 5.41) is 2.99. The first-order valence-electron chi connectivity index (χ1n) is 13.5. The van der Waals surface area contributed by atoms with E-state index in [4.69, 9.17) is 28.4 Å². The average Bonchev–Trinajstić information content (AvgIpc) is 3.40. The van der Waals surface area contributed by atoms with E-state index in [9.17, 15) is 4.79 Å². The van der Waals surface area contributed by atoms with Gasteiger partial charge in [-0.05, 0) is 48.7 Å².